The molecule has 2 fully saturated rings. The van der Waals surface area contributed by atoms with Gasteiger partial charge in [-0.25, -0.2) is 4.98 Å². The van der Waals surface area contributed by atoms with E-state index in [0.29, 0.717) is 5.15 Å². The van der Waals surface area contributed by atoms with Crippen LogP contribution < -0.4 is 5.32 Å². The number of rotatable bonds is 4. The molecule has 1 saturated heterocycles. The summed E-state index contributed by atoms with van der Waals surface area (Å²) in [6, 6.07) is 3.87. The maximum absolute atomic E-state index is 5.83. The van der Waals surface area contributed by atoms with E-state index in [2.05, 4.69) is 22.1 Å². The molecule has 1 N–H and O–H groups in total. The minimum atomic E-state index is 0. The smallest absolute Gasteiger partial charge is 0.193 e. The standard InChI is InChI=1S/C18H27ClN4.HI/c1-2-20-18(21-10-9-14-7-8-17(19)22-11-14)23-12-15-5-3-4-6-16(15)13-23;/h7-8,11,15-16H,2-6,9-10,12-13H2,1H3,(H,20,21);1H. The summed E-state index contributed by atoms with van der Waals surface area (Å²) in [7, 11) is 0. The third-order valence-electron chi connectivity index (χ3n) is 5.06. The van der Waals surface area contributed by atoms with Gasteiger partial charge in [0.2, 0.25) is 0 Å². The number of guanidine groups is 1. The van der Waals surface area contributed by atoms with E-state index in [1.54, 1.807) is 0 Å². The third kappa shape index (κ3) is 5.22. The predicted molar refractivity (Wildman–Crippen MR) is 111 cm³/mol. The maximum atomic E-state index is 5.83. The van der Waals surface area contributed by atoms with E-state index in [9.17, 15) is 0 Å². The molecule has 1 aliphatic carbocycles. The molecule has 0 aromatic carbocycles. The van der Waals surface area contributed by atoms with Gasteiger partial charge in [0.1, 0.15) is 5.15 Å². The SMILES string of the molecule is CCNC(=NCCc1ccc(Cl)nc1)N1CC2CCCCC2C1.I. The molecule has 0 amide bonds. The first-order valence-corrected chi connectivity index (χ1v) is 9.27. The van der Waals surface area contributed by atoms with Crippen molar-refractivity contribution < 1.29 is 0 Å². The topological polar surface area (TPSA) is 40.5 Å². The van der Waals surface area contributed by atoms with Gasteiger partial charge in [-0.1, -0.05) is 30.5 Å². The molecular formula is C18H28ClIN4. The molecule has 3 rings (SSSR count). The number of pyridine rings is 1. The minimum Gasteiger partial charge on any atom is -0.357 e. The molecule has 1 aliphatic heterocycles. The number of halogens is 2. The van der Waals surface area contributed by atoms with Gasteiger partial charge in [0.15, 0.2) is 5.96 Å². The Morgan fingerprint density at radius 2 is 2.00 bits per heavy atom. The molecule has 4 nitrogen and oxygen atoms in total. The van der Waals surface area contributed by atoms with Gasteiger partial charge in [-0.2, -0.15) is 0 Å². The number of aromatic nitrogens is 1. The van der Waals surface area contributed by atoms with Crippen LogP contribution in [0, 0.1) is 11.8 Å². The highest BCUT2D eigenvalue weighted by molar-refractivity contribution is 14.0. The molecule has 0 spiro atoms. The summed E-state index contributed by atoms with van der Waals surface area (Å²) in [5, 5.41) is 4.02. The first kappa shape index (κ1) is 19.8. The molecule has 2 heterocycles. The third-order valence-corrected chi connectivity index (χ3v) is 5.28. The molecule has 2 aliphatic rings. The Kier molecular flexibility index (Phi) is 8.07. The summed E-state index contributed by atoms with van der Waals surface area (Å²) in [4.78, 5) is 11.4. The zero-order valence-electron chi connectivity index (χ0n) is 14.4. The number of hydrogen-bond acceptors (Lipinski definition) is 2. The van der Waals surface area contributed by atoms with Gasteiger partial charge in [-0.15, -0.1) is 24.0 Å². The van der Waals surface area contributed by atoms with Gasteiger partial charge in [0.05, 0.1) is 0 Å². The second-order valence-electron chi connectivity index (χ2n) is 6.68. The van der Waals surface area contributed by atoms with E-state index < -0.39 is 0 Å². The van der Waals surface area contributed by atoms with Gasteiger partial charge in [-0.05, 0) is 49.7 Å². The summed E-state index contributed by atoms with van der Waals surface area (Å²) in [5.74, 6) is 2.85. The van der Waals surface area contributed by atoms with Crippen molar-refractivity contribution in [2.75, 3.05) is 26.2 Å². The molecule has 134 valence electrons. The summed E-state index contributed by atoms with van der Waals surface area (Å²) < 4.78 is 0. The lowest BCUT2D eigenvalue weighted by atomic mass is 9.82. The highest BCUT2D eigenvalue weighted by Crippen LogP contribution is 2.35. The molecule has 1 saturated carbocycles. The summed E-state index contributed by atoms with van der Waals surface area (Å²) in [5.41, 5.74) is 1.18. The van der Waals surface area contributed by atoms with Crippen molar-refractivity contribution in [1.82, 2.24) is 15.2 Å². The van der Waals surface area contributed by atoms with E-state index in [1.165, 1.54) is 44.3 Å². The van der Waals surface area contributed by atoms with Crippen LogP contribution in [-0.4, -0.2) is 42.0 Å². The Bertz CT molecular complexity index is 520. The van der Waals surface area contributed by atoms with E-state index in [1.807, 2.05) is 18.3 Å². The molecule has 0 radical (unpaired) electrons. The molecule has 2 atom stereocenters. The van der Waals surface area contributed by atoms with Crippen LogP contribution in [0.25, 0.3) is 0 Å². The van der Waals surface area contributed by atoms with Crippen LogP contribution in [0.15, 0.2) is 23.3 Å². The lowest BCUT2D eigenvalue weighted by Crippen LogP contribution is -2.40. The highest BCUT2D eigenvalue weighted by atomic mass is 127. The van der Waals surface area contributed by atoms with Crippen molar-refractivity contribution in [3.63, 3.8) is 0 Å². The lowest BCUT2D eigenvalue weighted by Gasteiger charge is -2.22. The van der Waals surface area contributed by atoms with Crippen LogP contribution in [0.5, 0.6) is 0 Å². The van der Waals surface area contributed by atoms with Gasteiger partial charge in [0.25, 0.3) is 0 Å². The quantitative estimate of drug-likeness (QED) is 0.318. The van der Waals surface area contributed by atoms with E-state index in [0.717, 1.165) is 37.3 Å². The van der Waals surface area contributed by atoms with Crippen molar-refractivity contribution in [3.05, 3.63) is 29.0 Å². The van der Waals surface area contributed by atoms with E-state index in [4.69, 9.17) is 16.6 Å². The largest absolute Gasteiger partial charge is 0.357 e. The molecule has 1 aromatic heterocycles. The molecule has 6 heteroatoms. The number of aliphatic imine (C=N–C) groups is 1. The first-order chi connectivity index (χ1) is 11.3. The number of nitrogens with zero attached hydrogens (tertiary/aromatic N) is 3. The number of nitrogens with one attached hydrogen (secondary N) is 1. The zero-order valence-corrected chi connectivity index (χ0v) is 17.5. The van der Waals surface area contributed by atoms with Crippen molar-refractivity contribution in [2.24, 2.45) is 16.8 Å². The summed E-state index contributed by atoms with van der Waals surface area (Å²) >= 11 is 5.83. The minimum absolute atomic E-state index is 0. The fourth-order valence-corrected chi connectivity index (χ4v) is 3.96. The monoisotopic (exact) mass is 462 g/mol. The van der Waals surface area contributed by atoms with Gasteiger partial charge < -0.3 is 10.2 Å². The zero-order chi connectivity index (χ0) is 16.1. The van der Waals surface area contributed by atoms with Gasteiger partial charge >= 0.3 is 0 Å². The molecule has 24 heavy (non-hydrogen) atoms. The van der Waals surface area contributed by atoms with Crippen LogP contribution in [0.3, 0.4) is 0 Å². The Morgan fingerprint density at radius 3 is 2.58 bits per heavy atom. The first-order valence-electron chi connectivity index (χ1n) is 8.90. The lowest BCUT2D eigenvalue weighted by molar-refractivity contribution is 0.299. The summed E-state index contributed by atoms with van der Waals surface area (Å²) in [6.45, 7) is 6.21. The van der Waals surface area contributed by atoms with Crippen molar-refractivity contribution in [3.8, 4) is 0 Å². The average Bonchev–Trinajstić information content (AvgIpc) is 3.00. The normalized spacial score (nSPS) is 23.6. The highest BCUT2D eigenvalue weighted by Gasteiger charge is 2.35. The van der Waals surface area contributed by atoms with Crippen LogP contribution in [0.4, 0.5) is 0 Å². The second-order valence-corrected chi connectivity index (χ2v) is 7.07. The van der Waals surface area contributed by atoms with Gasteiger partial charge in [0, 0.05) is 32.4 Å². The Hall–Kier alpha value is -0.560. The maximum Gasteiger partial charge on any atom is 0.193 e. The predicted octanol–water partition coefficient (Wildman–Crippen LogP) is 3.98. The Morgan fingerprint density at radius 1 is 1.29 bits per heavy atom. The van der Waals surface area contributed by atoms with Crippen LogP contribution in [0.1, 0.15) is 38.2 Å². The van der Waals surface area contributed by atoms with Crippen molar-refractivity contribution in [1.29, 1.82) is 0 Å². The van der Waals surface area contributed by atoms with E-state index >= 15 is 0 Å². The molecule has 2 unspecified atom stereocenters. The number of hydrogen-bond donors (Lipinski definition) is 1. The van der Waals surface area contributed by atoms with Crippen LogP contribution in [0.2, 0.25) is 5.15 Å². The van der Waals surface area contributed by atoms with Crippen molar-refractivity contribution in [2.45, 2.75) is 39.0 Å². The fraction of sp³-hybridized carbons (Fsp3) is 0.667. The van der Waals surface area contributed by atoms with Crippen molar-refractivity contribution >= 4 is 41.5 Å². The Labute approximate surface area is 167 Å². The average molecular weight is 463 g/mol. The second kappa shape index (κ2) is 9.80. The number of likely N-dealkylation sites (tertiary alicyclic amines) is 1. The van der Waals surface area contributed by atoms with Crippen LogP contribution >= 0.6 is 35.6 Å². The van der Waals surface area contributed by atoms with Crippen LogP contribution in [-0.2, 0) is 6.42 Å². The summed E-state index contributed by atoms with van der Waals surface area (Å²) in [6.07, 6.45) is 8.36. The fourth-order valence-electron chi connectivity index (χ4n) is 3.85. The van der Waals surface area contributed by atoms with E-state index in [-0.39, 0.29) is 24.0 Å². The Balaban J connectivity index is 0.00000208. The number of fused-ring (bicyclic) bond motifs is 1. The van der Waals surface area contributed by atoms with Gasteiger partial charge in [-0.3, -0.25) is 4.99 Å². The molecular weight excluding hydrogens is 435 g/mol. The molecule has 1 aromatic rings. The molecule has 0 bridgehead atoms.